The molecule has 1 aromatic rings. The largest absolute Gasteiger partial charge is 0.352 e. The third-order valence-corrected chi connectivity index (χ3v) is 5.01. The molecular weight excluding hydrogens is 302 g/mol. The van der Waals surface area contributed by atoms with Crippen LogP contribution in [0.5, 0.6) is 0 Å². The van der Waals surface area contributed by atoms with E-state index in [0.717, 1.165) is 35.3 Å². The summed E-state index contributed by atoms with van der Waals surface area (Å²) in [5, 5.41) is 4.17. The molecule has 0 bridgehead atoms. The maximum atomic E-state index is 12.3. The Hall–Kier alpha value is -0.830. The fourth-order valence-corrected chi connectivity index (χ4v) is 3.81. The number of nitrogens with one attached hydrogen (secondary N) is 1. The summed E-state index contributed by atoms with van der Waals surface area (Å²) in [5.74, 6) is 1.44. The molecular formula is C16H22BrNO. The summed E-state index contributed by atoms with van der Waals surface area (Å²) in [6.45, 7) is 2.90. The summed E-state index contributed by atoms with van der Waals surface area (Å²) >= 11 is 3.58. The predicted molar refractivity (Wildman–Crippen MR) is 82.8 cm³/mol. The highest BCUT2D eigenvalue weighted by atomic mass is 79.9. The van der Waals surface area contributed by atoms with Crippen LogP contribution >= 0.6 is 15.9 Å². The Balaban J connectivity index is 1.94. The number of carbonyl (C=O) groups is 1. The molecule has 19 heavy (non-hydrogen) atoms. The third kappa shape index (κ3) is 3.59. The first kappa shape index (κ1) is 14.6. The Morgan fingerprint density at radius 2 is 2.05 bits per heavy atom. The molecule has 2 nitrogen and oxygen atoms in total. The van der Waals surface area contributed by atoms with E-state index in [1.54, 1.807) is 0 Å². The van der Waals surface area contributed by atoms with Gasteiger partial charge in [-0.1, -0.05) is 47.5 Å². The zero-order chi connectivity index (χ0) is 13.7. The molecule has 2 unspecified atom stereocenters. The van der Waals surface area contributed by atoms with Crippen molar-refractivity contribution >= 4 is 21.8 Å². The van der Waals surface area contributed by atoms with Crippen molar-refractivity contribution in [3.63, 3.8) is 0 Å². The molecule has 2 atom stereocenters. The lowest BCUT2D eigenvalue weighted by Crippen LogP contribution is -2.31. The van der Waals surface area contributed by atoms with E-state index in [-0.39, 0.29) is 5.91 Å². The summed E-state index contributed by atoms with van der Waals surface area (Å²) in [4.78, 5) is 12.3. The number of alkyl halides is 1. The van der Waals surface area contributed by atoms with E-state index in [1.165, 1.54) is 19.3 Å². The Bertz CT molecular complexity index is 433. The van der Waals surface area contributed by atoms with Crippen molar-refractivity contribution in [2.45, 2.75) is 32.6 Å². The van der Waals surface area contributed by atoms with E-state index in [0.29, 0.717) is 5.92 Å². The molecule has 1 aliphatic rings. The van der Waals surface area contributed by atoms with Gasteiger partial charge in [0.25, 0.3) is 5.91 Å². The number of hydrogen-bond acceptors (Lipinski definition) is 1. The lowest BCUT2D eigenvalue weighted by atomic mass is 9.98. The minimum absolute atomic E-state index is 0.0812. The average Bonchev–Trinajstić information content (AvgIpc) is 2.92. The van der Waals surface area contributed by atoms with Gasteiger partial charge in [0.1, 0.15) is 0 Å². The summed E-state index contributed by atoms with van der Waals surface area (Å²) < 4.78 is 0. The topological polar surface area (TPSA) is 29.1 Å². The number of hydrogen-bond donors (Lipinski definition) is 1. The number of aryl methyl sites for hydroxylation is 1. The predicted octanol–water partition coefficient (Wildman–Crippen LogP) is 3.79. The van der Waals surface area contributed by atoms with Crippen LogP contribution in [0.3, 0.4) is 0 Å². The van der Waals surface area contributed by atoms with Crippen LogP contribution in [0.15, 0.2) is 24.3 Å². The fraction of sp³-hybridized carbons (Fsp3) is 0.562. The molecule has 1 aromatic carbocycles. The molecule has 0 aromatic heterocycles. The van der Waals surface area contributed by atoms with Gasteiger partial charge in [-0.05, 0) is 42.7 Å². The summed E-state index contributed by atoms with van der Waals surface area (Å²) in [6.07, 6.45) is 4.72. The Morgan fingerprint density at radius 1 is 1.32 bits per heavy atom. The number of rotatable bonds is 5. The van der Waals surface area contributed by atoms with E-state index in [4.69, 9.17) is 0 Å². The first-order chi connectivity index (χ1) is 9.26. The van der Waals surface area contributed by atoms with Crippen LogP contribution in [0.2, 0.25) is 0 Å². The van der Waals surface area contributed by atoms with E-state index < -0.39 is 0 Å². The minimum atomic E-state index is 0.0812. The van der Waals surface area contributed by atoms with Gasteiger partial charge in [-0.15, -0.1) is 0 Å². The van der Waals surface area contributed by atoms with Crippen LogP contribution in [-0.2, 0) is 6.42 Å². The highest BCUT2D eigenvalue weighted by Crippen LogP contribution is 2.32. The van der Waals surface area contributed by atoms with Crippen molar-refractivity contribution in [1.82, 2.24) is 5.32 Å². The second kappa shape index (κ2) is 7.09. The standard InChI is InChI=1S/C16H22BrNO/c1-2-12-6-3-4-9-15(12)16(19)18-11-14-8-5-7-13(14)10-17/h3-4,6,9,13-14H,2,5,7-8,10-11H2,1H3,(H,18,19). The maximum Gasteiger partial charge on any atom is 0.251 e. The van der Waals surface area contributed by atoms with Crippen LogP contribution in [0, 0.1) is 11.8 Å². The van der Waals surface area contributed by atoms with Gasteiger partial charge in [-0.2, -0.15) is 0 Å². The van der Waals surface area contributed by atoms with Crippen molar-refractivity contribution in [2.75, 3.05) is 11.9 Å². The summed E-state index contributed by atoms with van der Waals surface area (Å²) in [7, 11) is 0. The molecule has 2 rings (SSSR count). The van der Waals surface area contributed by atoms with Crippen molar-refractivity contribution in [3.05, 3.63) is 35.4 Å². The molecule has 0 spiro atoms. The van der Waals surface area contributed by atoms with Crippen LogP contribution in [0.25, 0.3) is 0 Å². The highest BCUT2D eigenvalue weighted by molar-refractivity contribution is 9.09. The monoisotopic (exact) mass is 323 g/mol. The zero-order valence-electron chi connectivity index (χ0n) is 11.5. The second-order valence-corrected chi connectivity index (χ2v) is 5.97. The fourth-order valence-electron chi connectivity index (χ4n) is 2.95. The summed E-state index contributed by atoms with van der Waals surface area (Å²) in [6, 6.07) is 7.88. The van der Waals surface area contributed by atoms with Crippen molar-refractivity contribution in [2.24, 2.45) is 11.8 Å². The molecule has 1 fully saturated rings. The quantitative estimate of drug-likeness (QED) is 0.821. The Kier molecular flexibility index (Phi) is 5.44. The number of carbonyl (C=O) groups excluding carboxylic acids is 1. The van der Waals surface area contributed by atoms with Gasteiger partial charge in [0.05, 0.1) is 0 Å². The Morgan fingerprint density at radius 3 is 2.79 bits per heavy atom. The van der Waals surface area contributed by atoms with E-state index in [9.17, 15) is 4.79 Å². The molecule has 1 aliphatic carbocycles. The molecule has 3 heteroatoms. The summed E-state index contributed by atoms with van der Waals surface area (Å²) in [5.41, 5.74) is 1.96. The van der Waals surface area contributed by atoms with Gasteiger partial charge >= 0.3 is 0 Å². The van der Waals surface area contributed by atoms with E-state index in [1.807, 2.05) is 24.3 Å². The molecule has 0 aliphatic heterocycles. The maximum absolute atomic E-state index is 12.3. The average molecular weight is 324 g/mol. The number of amides is 1. The first-order valence-corrected chi connectivity index (χ1v) is 8.30. The minimum Gasteiger partial charge on any atom is -0.352 e. The van der Waals surface area contributed by atoms with Gasteiger partial charge in [0.15, 0.2) is 0 Å². The lowest BCUT2D eigenvalue weighted by molar-refractivity contribution is 0.0944. The van der Waals surface area contributed by atoms with Gasteiger partial charge in [0.2, 0.25) is 0 Å². The van der Waals surface area contributed by atoms with Gasteiger partial charge in [-0.25, -0.2) is 0 Å². The Labute approximate surface area is 124 Å². The van der Waals surface area contributed by atoms with E-state index in [2.05, 4.69) is 28.2 Å². The van der Waals surface area contributed by atoms with Crippen LogP contribution in [0.1, 0.15) is 42.1 Å². The van der Waals surface area contributed by atoms with Crippen molar-refractivity contribution < 1.29 is 4.79 Å². The van der Waals surface area contributed by atoms with Gasteiger partial charge in [0, 0.05) is 17.4 Å². The molecule has 104 valence electrons. The number of benzene rings is 1. The van der Waals surface area contributed by atoms with Gasteiger partial charge in [-0.3, -0.25) is 4.79 Å². The van der Waals surface area contributed by atoms with Crippen molar-refractivity contribution in [3.8, 4) is 0 Å². The SMILES string of the molecule is CCc1ccccc1C(=O)NCC1CCCC1CBr. The molecule has 1 N–H and O–H groups in total. The molecule has 0 heterocycles. The van der Waals surface area contributed by atoms with Crippen molar-refractivity contribution in [1.29, 1.82) is 0 Å². The normalized spacial score (nSPS) is 22.4. The first-order valence-electron chi connectivity index (χ1n) is 7.18. The third-order valence-electron chi connectivity index (χ3n) is 4.18. The molecule has 0 saturated heterocycles. The molecule has 0 radical (unpaired) electrons. The lowest BCUT2D eigenvalue weighted by Gasteiger charge is -2.18. The van der Waals surface area contributed by atoms with E-state index >= 15 is 0 Å². The smallest absolute Gasteiger partial charge is 0.251 e. The highest BCUT2D eigenvalue weighted by Gasteiger charge is 2.26. The van der Waals surface area contributed by atoms with Crippen LogP contribution in [0.4, 0.5) is 0 Å². The van der Waals surface area contributed by atoms with Crippen LogP contribution < -0.4 is 5.32 Å². The van der Waals surface area contributed by atoms with Gasteiger partial charge < -0.3 is 5.32 Å². The van der Waals surface area contributed by atoms with Crippen LogP contribution in [-0.4, -0.2) is 17.8 Å². The number of halogens is 1. The zero-order valence-corrected chi connectivity index (χ0v) is 13.1. The second-order valence-electron chi connectivity index (χ2n) is 5.33. The molecule has 1 saturated carbocycles. The molecule has 1 amide bonds.